The summed E-state index contributed by atoms with van der Waals surface area (Å²) >= 11 is 0. The minimum absolute atomic E-state index is 0.219. The van der Waals surface area contributed by atoms with E-state index in [1.54, 1.807) is 0 Å². The van der Waals surface area contributed by atoms with Crippen molar-refractivity contribution in [1.29, 1.82) is 0 Å². The van der Waals surface area contributed by atoms with Crippen molar-refractivity contribution in [3.63, 3.8) is 0 Å². The molecule has 0 amide bonds. The minimum Gasteiger partial charge on any atom is -0.208 e. The average molecular weight is 742 g/mol. The predicted octanol–water partition coefficient (Wildman–Crippen LogP) is 13.2. The number of aromatic nitrogens is 3. The fourth-order valence-corrected chi connectivity index (χ4v) is 9.77. The highest BCUT2D eigenvalue weighted by atomic mass is 15.0. The van der Waals surface area contributed by atoms with E-state index in [4.69, 9.17) is 15.0 Å². The second-order valence-electron chi connectivity index (χ2n) is 15.9. The van der Waals surface area contributed by atoms with E-state index in [1.807, 2.05) is 24.3 Å². The second-order valence-corrected chi connectivity index (χ2v) is 15.9. The van der Waals surface area contributed by atoms with E-state index in [1.165, 1.54) is 44.5 Å². The predicted molar refractivity (Wildman–Crippen MR) is 236 cm³/mol. The van der Waals surface area contributed by atoms with Gasteiger partial charge in [-0.05, 0) is 78.9 Å². The molecule has 0 saturated carbocycles. The first kappa shape index (κ1) is 34.1. The second kappa shape index (κ2) is 13.2. The van der Waals surface area contributed by atoms with Crippen LogP contribution in [0.25, 0.3) is 67.5 Å². The molecule has 8 aromatic carbocycles. The Bertz CT molecular complexity index is 2990. The molecule has 1 heterocycles. The lowest BCUT2D eigenvalue weighted by atomic mass is 9.55. The van der Waals surface area contributed by atoms with Gasteiger partial charge in [0.15, 0.2) is 17.5 Å². The number of hydrogen-bond donors (Lipinski definition) is 0. The molecular formula is C55H39N3. The molecule has 0 radical (unpaired) electrons. The molecule has 1 spiro atoms. The molecule has 11 rings (SSSR count). The Morgan fingerprint density at radius 2 is 0.741 bits per heavy atom. The molecule has 2 aliphatic rings. The molecule has 0 unspecified atom stereocenters. The molecular weight excluding hydrogens is 703 g/mol. The Morgan fingerprint density at radius 3 is 1.41 bits per heavy atom. The molecule has 0 bridgehead atoms. The summed E-state index contributed by atoms with van der Waals surface area (Å²) in [4.78, 5) is 15.6. The molecule has 9 aromatic rings. The van der Waals surface area contributed by atoms with Gasteiger partial charge in [0.05, 0.1) is 5.41 Å². The van der Waals surface area contributed by atoms with Gasteiger partial charge in [0, 0.05) is 22.1 Å². The summed E-state index contributed by atoms with van der Waals surface area (Å²) in [5, 5.41) is 0. The largest absolute Gasteiger partial charge is 0.208 e. The number of rotatable bonds is 5. The van der Waals surface area contributed by atoms with Crippen molar-refractivity contribution in [3.05, 3.63) is 234 Å². The van der Waals surface area contributed by atoms with Gasteiger partial charge in [-0.15, -0.1) is 0 Å². The third-order valence-corrected chi connectivity index (χ3v) is 12.4. The van der Waals surface area contributed by atoms with Crippen LogP contribution in [0.5, 0.6) is 0 Å². The van der Waals surface area contributed by atoms with Gasteiger partial charge in [0.25, 0.3) is 0 Å². The van der Waals surface area contributed by atoms with Crippen LogP contribution in [0.3, 0.4) is 0 Å². The molecule has 0 aliphatic heterocycles. The molecule has 58 heavy (non-hydrogen) atoms. The van der Waals surface area contributed by atoms with Crippen LogP contribution in [0.15, 0.2) is 200 Å². The Kier molecular flexibility index (Phi) is 7.74. The maximum absolute atomic E-state index is 5.27. The van der Waals surface area contributed by atoms with E-state index in [0.29, 0.717) is 17.5 Å². The van der Waals surface area contributed by atoms with Crippen molar-refractivity contribution in [3.8, 4) is 67.5 Å². The van der Waals surface area contributed by atoms with Crippen molar-refractivity contribution in [1.82, 2.24) is 15.0 Å². The number of hydrogen-bond acceptors (Lipinski definition) is 3. The Labute approximate surface area is 339 Å². The topological polar surface area (TPSA) is 38.7 Å². The molecule has 1 aromatic heterocycles. The standard InChI is InChI=1S/C55H39N3/c1-54(2)47-30-15-16-31-49(47)55(45-28-13-11-25-42(45)43-26-12-14-29-46(43)55)50-35-39(32-33-48(50)54)41-24-9-10-27-44(41)53-57-51(37-20-7-4-8-21-37)56-52(58-53)40-23-17-22-38(34-40)36-18-5-3-6-19-36/h3-35H,1-2H3. The van der Waals surface area contributed by atoms with Gasteiger partial charge in [-0.1, -0.05) is 202 Å². The summed E-state index contributed by atoms with van der Waals surface area (Å²) in [5.41, 5.74) is 17.2. The van der Waals surface area contributed by atoms with Crippen LogP contribution >= 0.6 is 0 Å². The van der Waals surface area contributed by atoms with Gasteiger partial charge in [0.2, 0.25) is 0 Å². The van der Waals surface area contributed by atoms with Crippen LogP contribution in [0.4, 0.5) is 0 Å². The molecule has 0 saturated heterocycles. The molecule has 274 valence electrons. The van der Waals surface area contributed by atoms with Crippen LogP contribution in [0.2, 0.25) is 0 Å². The molecule has 0 N–H and O–H groups in total. The van der Waals surface area contributed by atoms with Crippen molar-refractivity contribution >= 4 is 0 Å². The van der Waals surface area contributed by atoms with E-state index in [2.05, 4.69) is 190 Å². The van der Waals surface area contributed by atoms with Gasteiger partial charge in [-0.3, -0.25) is 0 Å². The number of fused-ring (bicyclic) bond motifs is 9. The number of nitrogens with zero attached hydrogens (tertiary/aromatic N) is 3. The Morgan fingerprint density at radius 1 is 0.276 bits per heavy atom. The van der Waals surface area contributed by atoms with Crippen LogP contribution in [-0.2, 0) is 10.8 Å². The monoisotopic (exact) mass is 741 g/mol. The van der Waals surface area contributed by atoms with Crippen LogP contribution < -0.4 is 0 Å². The minimum atomic E-state index is -0.482. The third-order valence-electron chi connectivity index (χ3n) is 12.4. The summed E-state index contributed by atoms with van der Waals surface area (Å²) in [6.07, 6.45) is 0. The smallest absolute Gasteiger partial charge is 0.164 e. The van der Waals surface area contributed by atoms with E-state index in [-0.39, 0.29) is 5.41 Å². The lowest BCUT2D eigenvalue weighted by Gasteiger charge is -2.47. The fourth-order valence-electron chi connectivity index (χ4n) is 9.77. The zero-order chi connectivity index (χ0) is 38.8. The normalized spacial score (nSPS) is 14.0. The van der Waals surface area contributed by atoms with Crippen LogP contribution in [0.1, 0.15) is 47.2 Å². The highest BCUT2D eigenvalue weighted by Gasteiger charge is 2.53. The molecule has 2 aliphatic carbocycles. The van der Waals surface area contributed by atoms with Gasteiger partial charge in [-0.2, -0.15) is 0 Å². The molecule has 0 fully saturated rings. The summed E-state index contributed by atoms with van der Waals surface area (Å²) < 4.78 is 0. The SMILES string of the molecule is CC1(C)c2ccccc2C2(c3ccccc3-c3ccccc32)c2cc(-c3ccccc3-c3nc(-c4ccccc4)nc(-c4cccc(-c5ccccc5)c4)n3)ccc21. The zero-order valence-corrected chi connectivity index (χ0v) is 32.4. The van der Waals surface area contributed by atoms with Crippen molar-refractivity contribution in [2.45, 2.75) is 24.7 Å². The first-order valence-corrected chi connectivity index (χ1v) is 20.0. The lowest BCUT2D eigenvalue weighted by Crippen LogP contribution is -2.40. The maximum Gasteiger partial charge on any atom is 0.164 e. The average Bonchev–Trinajstić information content (AvgIpc) is 3.59. The van der Waals surface area contributed by atoms with E-state index in [9.17, 15) is 0 Å². The zero-order valence-electron chi connectivity index (χ0n) is 32.4. The van der Waals surface area contributed by atoms with E-state index in [0.717, 1.165) is 38.9 Å². The third kappa shape index (κ3) is 5.10. The van der Waals surface area contributed by atoms with Gasteiger partial charge in [-0.25, -0.2) is 15.0 Å². The first-order chi connectivity index (χ1) is 28.5. The Balaban J connectivity index is 1.14. The fraction of sp³-hybridized carbons (Fsp3) is 0.0727. The quantitative estimate of drug-likeness (QED) is 0.176. The highest BCUT2D eigenvalue weighted by Crippen LogP contribution is 2.62. The lowest BCUT2D eigenvalue weighted by molar-refractivity contribution is 0.563. The van der Waals surface area contributed by atoms with Crippen molar-refractivity contribution in [2.75, 3.05) is 0 Å². The Hall–Kier alpha value is -7.23. The van der Waals surface area contributed by atoms with E-state index >= 15 is 0 Å². The molecule has 3 heteroatoms. The summed E-state index contributed by atoms with van der Waals surface area (Å²) in [5.74, 6) is 1.92. The van der Waals surface area contributed by atoms with Crippen molar-refractivity contribution in [2.24, 2.45) is 0 Å². The van der Waals surface area contributed by atoms with Crippen molar-refractivity contribution < 1.29 is 0 Å². The summed E-state index contributed by atoms with van der Waals surface area (Å²) in [6.45, 7) is 4.75. The van der Waals surface area contributed by atoms with Crippen LogP contribution in [0, 0.1) is 0 Å². The van der Waals surface area contributed by atoms with Gasteiger partial charge < -0.3 is 0 Å². The first-order valence-electron chi connectivity index (χ1n) is 20.0. The highest BCUT2D eigenvalue weighted by molar-refractivity contribution is 5.90. The van der Waals surface area contributed by atoms with E-state index < -0.39 is 5.41 Å². The molecule has 0 atom stereocenters. The van der Waals surface area contributed by atoms with Gasteiger partial charge in [0.1, 0.15) is 0 Å². The summed E-state index contributed by atoms with van der Waals surface area (Å²) in [7, 11) is 0. The molecule has 3 nitrogen and oxygen atoms in total. The van der Waals surface area contributed by atoms with Crippen LogP contribution in [-0.4, -0.2) is 15.0 Å². The summed E-state index contributed by atoms with van der Waals surface area (Å²) in [6, 6.07) is 72.0. The number of benzene rings is 8. The van der Waals surface area contributed by atoms with Gasteiger partial charge >= 0.3 is 0 Å². The maximum atomic E-state index is 5.27.